The zero-order chi connectivity index (χ0) is 13.2. The molecule has 0 amide bonds. The van der Waals surface area contributed by atoms with Crippen LogP contribution in [-0.2, 0) is 0 Å². The molecule has 0 aliphatic rings. The first-order chi connectivity index (χ1) is 9.25. The molecule has 3 aromatic rings. The van der Waals surface area contributed by atoms with Crippen LogP contribution < -0.4 is 5.73 Å². The molecule has 2 N–H and O–H groups in total. The molecule has 19 heavy (non-hydrogen) atoms. The summed E-state index contributed by atoms with van der Waals surface area (Å²) in [5, 5.41) is 4.37. The first kappa shape index (κ1) is 11.5. The summed E-state index contributed by atoms with van der Waals surface area (Å²) >= 11 is 0. The Kier molecular flexibility index (Phi) is 2.76. The number of pyridine rings is 1. The second-order valence-electron chi connectivity index (χ2n) is 4.39. The molecule has 0 fully saturated rings. The van der Waals surface area contributed by atoms with Gasteiger partial charge in [0.1, 0.15) is 5.82 Å². The van der Waals surface area contributed by atoms with Crippen LogP contribution in [0.5, 0.6) is 0 Å². The molecular formula is C15H14N4. The number of para-hydroxylation sites is 1. The monoisotopic (exact) mass is 250 g/mol. The zero-order valence-corrected chi connectivity index (χ0v) is 10.6. The van der Waals surface area contributed by atoms with Crippen molar-refractivity contribution in [2.75, 3.05) is 5.73 Å². The summed E-state index contributed by atoms with van der Waals surface area (Å²) in [5.41, 5.74) is 9.76. The molecule has 1 aromatic carbocycles. The molecule has 2 heterocycles. The van der Waals surface area contributed by atoms with Crippen molar-refractivity contribution in [2.24, 2.45) is 0 Å². The zero-order valence-electron chi connectivity index (χ0n) is 10.6. The van der Waals surface area contributed by atoms with Gasteiger partial charge >= 0.3 is 0 Å². The summed E-state index contributed by atoms with van der Waals surface area (Å²) in [5.74, 6) is 0.564. The predicted molar refractivity (Wildman–Crippen MR) is 75.9 cm³/mol. The van der Waals surface area contributed by atoms with Crippen LogP contribution in [-0.4, -0.2) is 14.8 Å². The molecule has 0 atom stereocenters. The van der Waals surface area contributed by atoms with Gasteiger partial charge in [-0.1, -0.05) is 18.2 Å². The lowest BCUT2D eigenvalue weighted by Gasteiger charge is -2.08. The Bertz CT molecular complexity index is 701. The number of anilines is 1. The third-order valence-corrected chi connectivity index (χ3v) is 3.06. The lowest BCUT2D eigenvalue weighted by Crippen LogP contribution is -2.00. The summed E-state index contributed by atoms with van der Waals surface area (Å²) in [6.45, 7) is 1.95. The smallest absolute Gasteiger partial charge is 0.126 e. The van der Waals surface area contributed by atoms with E-state index in [2.05, 4.69) is 10.1 Å². The quantitative estimate of drug-likeness (QED) is 0.760. The Hall–Kier alpha value is -2.62. The Labute approximate surface area is 111 Å². The van der Waals surface area contributed by atoms with Crippen LogP contribution in [0.2, 0.25) is 0 Å². The van der Waals surface area contributed by atoms with E-state index in [0.29, 0.717) is 5.82 Å². The van der Waals surface area contributed by atoms with E-state index in [-0.39, 0.29) is 0 Å². The lowest BCUT2D eigenvalue weighted by atomic mass is 10.1. The van der Waals surface area contributed by atoms with E-state index in [1.807, 2.05) is 54.1 Å². The van der Waals surface area contributed by atoms with Gasteiger partial charge in [0.25, 0.3) is 0 Å². The molecule has 0 aliphatic heterocycles. The number of benzene rings is 1. The van der Waals surface area contributed by atoms with Crippen molar-refractivity contribution >= 4 is 5.82 Å². The van der Waals surface area contributed by atoms with Gasteiger partial charge in [0.15, 0.2) is 0 Å². The third-order valence-electron chi connectivity index (χ3n) is 3.06. The highest BCUT2D eigenvalue weighted by molar-refractivity contribution is 5.63. The van der Waals surface area contributed by atoms with Crippen LogP contribution in [0.4, 0.5) is 5.82 Å². The van der Waals surface area contributed by atoms with Crippen molar-refractivity contribution in [1.29, 1.82) is 0 Å². The molecule has 94 valence electrons. The number of rotatable bonds is 2. The van der Waals surface area contributed by atoms with E-state index >= 15 is 0 Å². The fourth-order valence-corrected chi connectivity index (χ4v) is 2.02. The van der Waals surface area contributed by atoms with E-state index in [0.717, 1.165) is 22.5 Å². The highest BCUT2D eigenvalue weighted by Crippen LogP contribution is 2.23. The molecule has 0 saturated heterocycles. The van der Waals surface area contributed by atoms with Crippen LogP contribution in [0.15, 0.2) is 54.9 Å². The van der Waals surface area contributed by atoms with E-state index < -0.39 is 0 Å². The fraction of sp³-hybridized carbons (Fsp3) is 0.0667. The van der Waals surface area contributed by atoms with E-state index in [1.165, 1.54) is 0 Å². The Morgan fingerprint density at radius 1 is 1.11 bits per heavy atom. The topological polar surface area (TPSA) is 56.7 Å². The molecule has 0 bridgehead atoms. The molecule has 4 nitrogen and oxygen atoms in total. The normalized spacial score (nSPS) is 10.6. The second-order valence-corrected chi connectivity index (χ2v) is 4.39. The van der Waals surface area contributed by atoms with Crippen LogP contribution in [0.25, 0.3) is 16.9 Å². The molecule has 0 spiro atoms. The number of nitrogen functional groups attached to an aromatic ring is 1. The van der Waals surface area contributed by atoms with Gasteiger partial charge in [0.05, 0.1) is 17.6 Å². The highest BCUT2D eigenvalue weighted by atomic mass is 15.3. The molecule has 0 unspecified atom stereocenters. The van der Waals surface area contributed by atoms with Crippen LogP contribution >= 0.6 is 0 Å². The van der Waals surface area contributed by atoms with Gasteiger partial charge in [-0.2, -0.15) is 5.10 Å². The second kappa shape index (κ2) is 4.57. The molecule has 2 aromatic heterocycles. The van der Waals surface area contributed by atoms with Crippen molar-refractivity contribution in [1.82, 2.24) is 14.8 Å². The van der Waals surface area contributed by atoms with Crippen molar-refractivity contribution in [3.8, 4) is 16.9 Å². The van der Waals surface area contributed by atoms with Gasteiger partial charge in [-0.05, 0) is 36.8 Å². The van der Waals surface area contributed by atoms with Gasteiger partial charge < -0.3 is 5.73 Å². The molecule has 0 saturated carbocycles. The molecule has 4 heteroatoms. The third kappa shape index (κ3) is 2.08. The van der Waals surface area contributed by atoms with Crippen molar-refractivity contribution in [3.63, 3.8) is 0 Å². The predicted octanol–water partition coefficient (Wildman–Crippen LogP) is 2.82. The summed E-state index contributed by atoms with van der Waals surface area (Å²) in [6.07, 6.45) is 3.56. The Morgan fingerprint density at radius 3 is 2.63 bits per heavy atom. The standard InChI is InChI=1S/C15H14N4/c1-11-9-12(10-17-15(11)16)14-7-8-18-19(14)13-5-3-2-4-6-13/h2-10H,1H3,(H2,16,17). The van der Waals surface area contributed by atoms with Gasteiger partial charge in [-0.15, -0.1) is 0 Å². The maximum Gasteiger partial charge on any atom is 0.126 e. The van der Waals surface area contributed by atoms with Crippen LogP contribution in [0.1, 0.15) is 5.56 Å². The number of aromatic nitrogens is 3. The maximum atomic E-state index is 5.76. The summed E-state index contributed by atoms with van der Waals surface area (Å²) in [6, 6.07) is 14.0. The number of hydrogen-bond donors (Lipinski definition) is 1. The van der Waals surface area contributed by atoms with Crippen molar-refractivity contribution in [2.45, 2.75) is 6.92 Å². The number of aryl methyl sites for hydroxylation is 1. The minimum atomic E-state index is 0.564. The SMILES string of the molecule is Cc1cc(-c2ccnn2-c2ccccc2)cnc1N. The molecule has 0 radical (unpaired) electrons. The average molecular weight is 250 g/mol. The number of hydrogen-bond acceptors (Lipinski definition) is 3. The van der Waals surface area contributed by atoms with Crippen LogP contribution in [0, 0.1) is 6.92 Å². The maximum absolute atomic E-state index is 5.76. The highest BCUT2D eigenvalue weighted by Gasteiger charge is 2.08. The van der Waals surface area contributed by atoms with Crippen molar-refractivity contribution < 1.29 is 0 Å². The number of nitrogens with zero attached hydrogens (tertiary/aromatic N) is 3. The largest absolute Gasteiger partial charge is 0.383 e. The summed E-state index contributed by atoms with van der Waals surface area (Å²) in [4.78, 5) is 4.21. The number of nitrogens with two attached hydrogens (primary N) is 1. The Morgan fingerprint density at radius 2 is 1.89 bits per heavy atom. The summed E-state index contributed by atoms with van der Waals surface area (Å²) in [7, 11) is 0. The minimum Gasteiger partial charge on any atom is -0.383 e. The van der Waals surface area contributed by atoms with E-state index in [1.54, 1.807) is 12.4 Å². The van der Waals surface area contributed by atoms with E-state index in [9.17, 15) is 0 Å². The van der Waals surface area contributed by atoms with Crippen LogP contribution in [0.3, 0.4) is 0 Å². The van der Waals surface area contributed by atoms with Gasteiger partial charge in [0.2, 0.25) is 0 Å². The Balaban J connectivity index is 2.12. The minimum absolute atomic E-state index is 0.564. The molecule has 0 aliphatic carbocycles. The average Bonchev–Trinajstić information content (AvgIpc) is 2.92. The first-order valence-electron chi connectivity index (χ1n) is 6.07. The van der Waals surface area contributed by atoms with Gasteiger partial charge in [-0.3, -0.25) is 0 Å². The molecular weight excluding hydrogens is 236 g/mol. The first-order valence-corrected chi connectivity index (χ1v) is 6.07. The summed E-state index contributed by atoms with van der Waals surface area (Å²) < 4.78 is 1.90. The van der Waals surface area contributed by atoms with Gasteiger partial charge in [0, 0.05) is 11.8 Å². The van der Waals surface area contributed by atoms with E-state index in [4.69, 9.17) is 5.73 Å². The fourth-order valence-electron chi connectivity index (χ4n) is 2.02. The lowest BCUT2D eigenvalue weighted by molar-refractivity contribution is 0.887. The molecule has 3 rings (SSSR count). The van der Waals surface area contributed by atoms with Gasteiger partial charge in [-0.25, -0.2) is 9.67 Å². The van der Waals surface area contributed by atoms with Crippen molar-refractivity contribution in [3.05, 3.63) is 60.4 Å².